The Morgan fingerprint density at radius 3 is 2.25 bits per heavy atom. The first kappa shape index (κ1) is 24.1. The summed E-state index contributed by atoms with van der Waals surface area (Å²) in [5.74, 6) is 6.83. The Labute approximate surface area is 194 Å². The topological polar surface area (TPSA) is 26.3 Å². The maximum Gasteiger partial charge on any atom is 0.337 e. The fourth-order valence-electron chi connectivity index (χ4n) is 4.72. The maximum absolute atomic E-state index is 11.7. The van der Waals surface area contributed by atoms with Crippen molar-refractivity contribution in [1.82, 2.24) is 0 Å². The molecule has 0 aliphatic heterocycles. The molecule has 0 spiro atoms. The third-order valence-corrected chi connectivity index (χ3v) is 7.07. The smallest absolute Gasteiger partial charge is 0.337 e. The second-order valence-corrected chi connectivity index (χ2v) is 10.5. The maximum atomic E-state index is 11.7. The van der Waals surface area contributed by atoms with Gasteiger partial charge in [0.1, 0.15) is 0 Å². The molecule has 1 unspecified atom stereocenters. The normalized spacial score (nSPS) is 16.9. The van der Waals surface area contributed by atoms with Gasteiger partial charge in [0.05, 0.1) is 12.7 Å². The molecule has 0 aromatic heterocycles. The number of rotatable bonds is 6. The number of carbonyl (C=O) groups is 1. The van der Waals surface area contributed by atoms with E-state index in [1.165, 1.54) is 55.9 Å². The largest absolute Gasteiger partial charge is 0.465 e. The van der Waals surface area contributed by atoms with Crippen LogP contribution in [-0.2, 0) is 15.6 Å². The molecule has 0 saturated carbocycles. The third kappa shape index (κ3) is 5.44. The van der Waals surface area contributed by atoms with Crippen LogP contribution in [-0.4, -0.2) is 13.1 Å². The summed E-state index contributed by atoms with van der Waals surface area (Å²) >= 11 is 0. The van der Waals surface area contributed by atoms with Crippen molar-refractivity contribution in [2.45, 2.75) is 89.9 Å². The van der Waals surface area contributed by atoms with Gasteiger partial charge in [-0.1, -0.05) is 83.9 Å². The van der Waals surface area contributed by atoms with Crippen LogP contribution in [0.2, 0.25) is 0 Å². The second-order valence-electron chi connectivity index (χ2n) is 10.5. The van der Waals surface area contributed by atoms with Crippen LogP contribution < -0.4 is 0 Å². The Hall–Kier alpha value is -2.53. The van der Waals surface area contributed by atoms with Crippen LogP contribution in [0.25, 0.3) is 0 Å². The minimum atomic E-state index is -0.318. The van der Waals surface area contributed by atoms with Gasteiger partial charge >= 0.3 is 5.97 Å². The van der Waals surface area contributed by atoms with Crippen LogP contribution in [0.3, 0.4) is 0 Å². The summed E-state index contributed by atoms with van der Waals surface area (Å²) in [7, 11) is 1.40. The van der Waals surface area contributed by atoms with E-state index in [1.807, 2.05) is 12.1 Å². The summed E-state index contributed by atoms with van der Waals surface area (Å²) in [5.41, 5.74) is 6.24. The molecular weight excluding hydrogens is 392 g/mol. The fourth-order valence-corrected chi connectivity index (χ4v) is 4.72. The molecule has 2 aromatic carbocycles. The van der Waals surface area contributed by atoms with E-state index < -0.39 is 0 Å². The highest BCUT2D eigenvalue weighted by atomic mass is 16.5. The quantitative estimate of drug-likeness (QED) is 0.269. The summed E-state index contributed by atoms with van der Waals surface area (Å²) in [6, 6.07) is 14.5. The van der Waals surface area contributed by atoms with E-state index in [2.05, 4.69) is 64.7 Å². The lowest BCUT2D eigenvalue weighted by Crippen LogP contribution is -2.34. The van der Waals surface area contributed by atoms with E-state index in [1.54, 1.807) is 12.1 Å². The molecule has 1 aliphatic rings. The van der Waals surface area contributed by atoms with E-state index >= 15 is 0 Å². The van der Waals surface area contributed by atoms with E-state index in [0.717, 1.165) is 12.0 Å². The van der Waals surface area contributed by atoms with E-state index in [4.69, 9.17) is 4.74 Å². The number of carbonyl (C=O) groups excluding carboxylic acids is 1. The molecule has 0 bridgehead atoms. The van der Waals surface area contributed by atoms with Crippen molar-refractivity contribution in [3.8, 4) is 11.8 Å². The summed E-state index contributed by atoms with van der Waals surface area (Å²) in [4.78, 5) is 11.7. The van der Waals surface area contributed by atoms with Gasteiger partial charge in [-0.3, -0.25) is 0 Å². The molecule has 0 saturated heterocycles. The molecule has 0 amide bonds. The van der Waals surface area contributed by atoms with Crippen molar-refractivity contribution >= 4 is 5.97 Å². The van der Waals surface area contributed by atoms with Crippen molar-refractivity contribution in [3.05, 3.63) is 70.3 Å². The molecule has 32 heavy (non-hydrogen) atoms. The molecule has 1 aliphatic carbocycles. The Morgan fingerprint density at radius 1 is 0.969 bits per heavy atom. The standard InChI is InChI=1S/C30H38O2/c1-7-8-9-10-23(14-11-22-12-15-24(16-13-22)28(31)32-6)25-17-18-26-27(21-25)30(4,5)20-19-29(26,2)3/h12-13,15-18,21,23H,7-10,19-20H2,1-6H3. The van der Waals surface area contributed by atoms with Gasteiger partial charge in [-0.2, -0.15) is 0 Å². The highest BCUT2D eigenvalue weighted by Gasteiger charge is 2.37. The average Bonchev–Trinajstić information content (AvgIpc) is 2.79. The first-order valence-corrected chi connectivity index (χ1v) is 12.0. The predicted molar refractivity (Wildman–Crippen MR) is 133 cm³/mol. The van der Waals surface area contributed by atoms with Crippen LogP contribution in [0.1, 0.15) is 112 Å². The Balaban J connectivity index is 1.93. The van der Waals surface area contributed by atoms with Crippen molar-refractivity contribution in [2.75, 3.05) is 7.11 Å². The monoisotopic (exact) mass is 430 g/mol. The number of esters is 1. The number of unbranched alkanes of at least 4 members (excludes halogenated alkanes) is 2. The number of ether oxygens (including phenoxy) is 1. The molecule has 1 atom stereocenters. The van der Waals surface area contributed by atoms with Gasteiger partial charge in [-0.15, -0.1) is 0 Å². The highest BCUT2D eigenvalue weighted by molar-refractivity contribution is 5.89. The second kappa shape index (κ2) is 9.95. The third-order valence-electron chi connectivity index (χ3n) is 7.07. The molecule has 170 valence electrons. The van der Waals surface area contributed by atoms with Gasteiger partial charge in [-0.25, -0.2) is 4.79 Å². The average molecular weight is 431 g/mol. The van der Waals surface area contributed by atoms with Gasteiger partial charge in [0.2, 0.25) is 0 Å². The van der Waals surface area contributed by atoms with Crippen LogP contribution >= 0.6 is 0 Å². The minimum Gasteiger partial charge on any atom is -0.465 e. The van der Waals surface area contributed by atoms with Gasteiger partial charge in [0, 0.05) is 11.5 Å². The number of methoxy groups -OCH3 is 1. The lowest BCUT2D eigenvalue weighted by atomic mass is 9.62. The molecule has 0 heterocycles. The summed E-state index contributed by atoms with van der Waals surface area (Å²) in [6.45, 7) is 11.7. The zero-order valence-corrected chi connectivity index (χ0v) is 20.7. The first-order valence-electron chi connectivity index (χ1n) is 12.0. The SMILES string of the molecule is CCCCCC(C#Cc1ccc(C(=O)OC)cc1)c1ccc2c(c1)C(C)(C)CCC2(C)C. The van der Waals surface area contributed by atoms with Gasteiger partial charge in [0.25, 0.3) is 0 Å². The fraction of sp³-hybridized carbons (Fsp3) is 0.500. The number of fused-ring (bicyclic) bond motifs is 1. The van der Waals surface area contributed by atoms with Crippen LogP contribution in [0.15, 0.2) is 42.5 Å². The zero-order valence-electron chi connectivity index (χ0n) is 20.7. The molecule has 3 rings (SSSR count). The van der Waals surface area contributed by atoms with Crippen molar-refractivity contribution in [2.24, 2.45) is 0 Å². The predicted octanol–water partition coefficient (Wildman–Crippen LogP) is 7.54. The Morgan fingerprint density at radius 2 is 1.62 bits per heavy atom. The van der Waals surface area contributed by atoms with Gasteiger partial charge < -0.3 is 4.74 Å². The first-order chi connectivity index (χ1) is 15.2. The van der Waals surface area contributed by atoms with Crippen LogP contribution in [0.4, 0.5) is 0 Å². The van der Waals surface area contributed by atoms with Gasteiger partial charge in [-0.05, 0) is 71.0 Å². The summed E-state index contributed by atoms with van der Waals surface area (Å²) in [5, 5.41) is 0. The lowest BCUT2D eigenvalue weighted by Gasteiger charge is -2.42. The molecule has 0 N–H and O–H groups in total. The molecule has 0 fully saturated rings. The Kier molecular flexibility index (Phi) is 7.50. The highest BCUT2D eigenvalue weighted by Crippen LogP contribution is 2.46. The summed E-state index contributed by atoms with van der Waals surface area (Å²) < 4.78 is 4.79. The van der Waals surface area contributed by atoms with E-state index in [0.29, 0.717) is 5.56 Å². The van der Waals surface area contributed by atoms with Crippen LogP contribution in [0, 0.1) is 11.8 Å². The molecular formula is C30H38O2. The molecule has 0 radical (unpaired) electrons. The zero-order chi connectivity index (χ0) is 23.4. The van der Waals surface area contributed by atoms with E-state index in [-0.39, 0.29) is 22.7 Å². The van der Waals surface area contributed by atoms with Gasteiger partial charge in [0.15, 0.2) is 0 Å². The lowest BCUT2D eigenvalue weighted by molar-refractivity contribution is 0.0600. The minimum absolute atomic E-state index is 0.200. The summed E-state index contributed by atoms with van der Waals surface area (Å²) in [6.07, 6.45) is 7.14. The number of benzene rings is 2. The number of hydrogen-bond donors (Lipinski definition) is 0. The van der Waals surface area contributed by atoms with Crippen molar-refractivity contribution in [3.63, 3.8) is 0 Å². The van der Waals surface area contributed by atoms with Crippen LogP contribution in [0.5, 0.6) is 0 Å². The number of hydrogen-bond acceptors (Lipinski definition) is 2. The molecule has 2 aromatic rings. The van der Waals surface area contributed by atoms with Crippen molar-refractivity contribution in [1.29, 1.82) is 0 Å². The Bertz CT molecular complexity index is 999. The van der Waals surface area contributed by atoms with E-state index in [9.17, 15) is 4.79 Å². The molecule has 2 nitrogen and oxygen atoms in total. The molecule has 2 heteroatoms. The van der Waals surface area contributed by atoms with Crippen molar-refractivity contribution < 1.29 is 9.53 Å².